The lowest BCUT2D eigenvalue weighted by molar-refractivity contribution is 0.265. The Morgan fingerprint density at radius 2 is 1.68 bits per heavy atom. The molecule has 19 heavy (non-hydrogen) atoms. The number of benzene rings is 2. The number of aliphatic hydroxyl groups is 1. The molecule has 2 aromatic carbocycles. The molecule has 0 amide bonds. The molecule has 0 saturated heterocycles. The van der Waals surface area contributed by atoms with Gasteiger partial charge in [0.1, 0.15) is 0 Å². The van der Waals surface area contributed by atoms with Gasteiger partial charge in [-0.15, -0.1) is 0 Å². The van der Waals surface area contributed by atoms with E-state index in [4.69, 9.17) is 0 Å². The maximum atomic E-state index is 9.19. The van der Waals surface area contributed by atoms with Crippen LogP contribution in [0.15, 0.2) is 54.6 Å². The largest absolute Gasteiger partial charge is 0.396 e. The van der Waals surface area contributed by atoms with E-state index in [1.807, 2.05) is 18.2 Å². The molecule has 2 heteroatoms. The predicted molar refractivity (Wildman–Crippen MR) is 78.9 cm³/mol. The average Bonchev–Trinajstić information content (AvgIpc) is 2.46. The first kappa shape index (κ1) is 13.8. The van der Waals surface area contributed by atoms with E-state index in [1.165, 1.54) is 16.7 Å². The predicted octanol–water partition coefficient (Wildman–Crippen LogP) is 3.21. The van der Waals surface area contributed by atoms with Gasteiger partial charge in [-0.3, -0.25) is 0 Å². The van der Waals surface area contributed by atoms with Gasteiger partial charge in [0.2, 0.25) is 0 Å². The van der Waals surface area contributed by atoms with Crippen molar-refractivity contribution in [1.82, 2.24) is 5.32 Å². The van der Waals surface area contributed by atoms with Gasteiger partial charge < -0.3 is 10.4 Å². The Hall–Kier alpha value is -1.64. The Morgan fingerprint density at radius 3 is 2.32 bits per heavy atom. The Morgan fingerprint density at radius 1 is 1.00 bits per heavy atom. The van der Waals surface area contributed by atoms with Crippen LogP contribution in [-0.4, -0.2) is 11.7 Å². The summed E-state index contributed by atoms with van der Waals surface area (Å²) in [5.74, 6) is 0. The van der Waals surface area contributed by atoms with Gasteiger partial charge in [-0.2, -0.15) is 0 Å². The second kappa shape index (κ2) is 7.07. The molecule has 0 aromatic heterocycles. The highest BCUT2D eigenvalue weighted by Crippen LogP contribution is 2.17. The van der Waals surface area contributed by atoms with Crippen LogP contribution in [0.1, 0.15) is 29.2 Å². The Balaban J connectivity index is 1.99. The summed E-state index contributed by atoms with van der Waals surface area (Å²) in [6.45, 7) is 3.11. The maximum Gasteiger partial charge on any atom is 0.0449 e. The molecule has 0 aliphatic carbocycles. The normalized spacial score (nSPS) is 12.3. The van der Waals surface area contributed by atoms with Crippen molar-refractivity contribution in [1.29, 1.82) is 0 Å². The number of aliphatic hydroxyl groups excluding tert-OH is 1. The zero-order chi connectivity index (χ0) is 13.5. The molecule has 2 rings (SSSR count). The van der Waals surface area contributed by atoms with Crippen molar-refractivity contribution in [2.24, 2.45) is 0 Å². The van der Waals surface area contributed by atoms with Gasteiger partial charge in [-0.25, -0.2) is 0 Å². The standard InChI is InChI=1S/C17H21NO/c1-14-7-9-15(10-8-14)13-18-17(11-12-19)16-5-3-2-4-6-16/h2-10,17-19H,11-13H2,1H3/t17-/m1/s1. The van der Waals surface area contributed by atoms with Gasteiger partial charge >= 0.3 is 0 Å². The van der Waals surface area contributed by atoms with Gasteiger partial charge in [-0.05, 0) is 24.5 Å². The molecule has 0 radical (unpaired) electrons. The third kappa shape index (κ3) is 4.19. The van der Waals surface area contributed by atoms with Crippen LogP contribution in [0.2, 0.25) is 0 Å². The van der Waals surface area contributed by atoms with E-state index >= 15 is 0 Å². The topological polar surface area (TPSA) is 32.3 Å². The summed E-state index contributed by atoms with van der Waals surface area (Å²) in [6.07, 6.45) is 0.732. The minimum absolute atomic E-state index is 0.195. The average molecular weight is 255 g/mol. The van der Waals surface area contributed by atoms with Crippen molar-refractivity contribution in [3.63, 3.8) is 0 Å². The minimum atomic E-state index is 0.195. The lowest BCUT2D eigenvalue weighted by Crippen LogP contribution is -2.21. The van der Waals surface area contributed by atoms with Crippen LogP contribution in [0.4, 0.5) is 0 Å². The summed E-state index contributed by atoms with van der Waals surface area (Å²) in [5, 5.41) is 12.7. The van der Waals surface area contributed by atoms with Crippen molar-refractivity contribution in [2.45, 2.75) is 25.9 Å². The molecular weight excluding hydrogens is 234 g/mol. The molecule has 0 aliphatic rings. The van der Waals surface area contributed by atoms with Crippen molar-refractivity contribution in [3.05, 3.63) is 71.3 Å². The highest BCUT2D eigenvalue weighted by molar-refractivity contribution is 5.22. The quantitative estimate of drug-likeness (QED) is 0.830. The summed E-state index contributed by atoms with van der Waals surface area (Å²) in [6, 6.07) is 19.0. The SMILES string of the molecule is Cc1ccc(CN[C@H](CCO)c2ccccc2)cc1. The fraction of sp³-hybridized carbons (Fsp3) is 0.294. The van der Waals surface area contributed by atoms with Crippen molar-refractivity contribution in [3.8, 4) is 0 Å². The first-order valence-electron chi connectivity index (χ1n) is 6.74. The number of rotatable bonds is 6. The van der Waals surface area contributed by atoms with Crippen molar-refractivity contribution < 1.29 is 5.11 Å². The number of hydrogen-bond acceptors (Lipinski definition) is 2. The van der Waals surface area contributed by atoms with Crippen LogP contribution in [-0.2, 0) is 6.54 Å². The zero-order valence-electron chi connectivity index (χ0n) is 11.3. The summed E-state index contributed by atoms with van der Waals surface area (Å²) in [5.41, 5.74) is 3.77. The highest BCUT2D eigenvalue weighted by atomic mass is 16.3. The smallest absolute Gasteiger partial charge is 0.0449 e. The second-order valence-electron chi connectivity index (χ2n) is 4.84. The van der Waals surface area contributed by atoms with Crippen LogP contribution in [0.3, 0.4) is 0 Å². The molecule has 0 saturated carbocycles. The van der Waals surface area contributed by atoms with E-state index in [0.717, 1.165) is 13.0 Å². The lowest BCUT2D eigenvalue weighted by Gasteiger charge is -2.18. The van der Waals surface area contributed by atoms with Crippen LogP contribution < -0.4 is 5.32 Å². The second-order valence-corrected chi connectivity index (χ2v) is 4.84. The molecule has 2 nitrogen and oxygen atoms in total. The molecule has 100 valence electrons. The summed E-state index contributed by atoms with van der Waals surface area (Å²) in [7, 11) is 0. The van der Waals surface area contributed by atoms with Crippen LogP contribution >= 0.6 is 0 Å². The monoisotopic (exact) mass is 255 g/mol. The first-order valence-corrected chi connectivity index (χ1v) is 6.74. The van der Waals surface area contributed by atoms with Gasteiger partial charge in [0.15, 0.2) is 0 Å². The van der Waals surface area contributed by atoms with Gasteiger partial charge in [0.05, 0.1) is 0 Å². The van der Waals surface area contributed by atoms with E-state index in [9.17, 15) is 5.11 Å². The summed E-state index contributed by atoms with van der Waals surface area (Å²) < 4.78 is 0. The fourth-order valence-corrected chi connectivity index (χ4v) is 2.15. The third-order valence-electron chi connectivity index (χ3n) is 3.29. The van der Waals surface area contributed by atoms with E-state index in [1.54, 1.807) is 0 Å². The Labute approximate surface area is 115 Å². The van der Waals surface area contributed by atoms with Crippen LogP contribution in [0.25, 0.3) is 0 Å². The molecule has 0 spiro atoms. The van der Waals surface area contributed by atoms with Gasteiger partial charge in [0.25, 0.3) is 0 Å². The van der Waals surface area contributed by atoms with Crippen molar-refractivity contribution in [2.75, 3.05) is 6.61 Å². The molecule has 2 N–H and O–H groups in total. The van der Waals surface area contributed by atoms with E-state index in [0.29, 0.717) is 0 Å². The highest BCUT2D eigenvalue weighted by Gasteiger charge is 2.09. The molecule has 0 aliphatic heterocycles. The first-order chi connectivity index (χ1) is 9.29. The molecular formula is C17H21NO. The molecule has 1 atom stereocenters. The lowest BCUT2D eigenvalue weighted by atomic mass is 10.0. The summed E-state index contributed by atoms with van der Waals surface area (Å²) >= 11 is 0. The Kier molecular flexibility index (Phi) is 5.13. The molecule has 0 fully saturated rings. The summed E-state index contributed by atoms with van der Waals surface area (Å²) in [4.78, 5) is 0. The van der Waals surface area contributed by atoms with E-state index in [-0.39, 0.29) is 12.6 Å². The Bertz CT molecular complexity index is 478. The zero-order valence-corrected chi connectivity index (χ0v) is 11.3. The van der Waals surface area contributed by atoms with E-state index in [2.05, 4.69) is 48.6 Å². The number of aryl methyl sites for hydroxylation is 1. The van der Waals surface area contributed by atoms with Crippen LogP contribution in [0.5, 0.6) is 0 Å². The van der Waals surface area contributed by atoms with Crippen molar-refractivity contribution >= 4 is 0 Å². The third-order valence-corrected chi connectivity index (χ3v) is 3.29. The van der Waals surface area contributed by atoms with E-state index < -0.39 is 0 Å². The molecule has 0 heterocycles. The molecule has 2 aromatic rings. The van der Waals surface area contributed by atoms with Crippen LogP contribution in [0, 0.1) is 6.92 Å². The maximum absolute atomic E-state index is 9.19. The fourth-order valence-electron chi connectivity index (χ4n) is 2.15. The number of nitrogens with one attached hydrogen (secondary N) is 1. The minimum Gasteiger partial charge on any atom is -0.396 e. The van der Waals surface area contributed by atoms with Gasteiger partial charge in [0, 0.05) is 19.2 Å². The molecule has 0 unspecified atom stereocenters. The molecule has 0 bridgehead atoms. The number of hydrogen-bond donors (Lipinski definition) is 2. The van der Waals surface area contributed by atoms with Gasteiger partial charge in [-0.1, -0.05) is 60.2 Å².